The number of halogens is 1. The van der Waals surface area contributed by atoms with Crippen molar-refractivity contribution in [2.45, 2.75) is 25.8 Å². The summed E-state index contributed by atoms with van der Waals surface area (Å²) in [6, 6.07) is 1.06. The van der Waals surface area contributed by atoms with E-state index in [1.54, 1.807) is 4.90 Å². The third-order valence-corrected chi connectivity index (χ3v) is 3.72. The Bertz CT molecular complexity index is 550. The largest absolute Gasteiger partial charge is 0.480 e. The SMILES string of the molecule is CC[C@H]1C(=O)NCCCN1C(=O)c1cnc(OC)c(Cl)c1. The van der Waals surface area contributed by atoms with Crippen molar-refractivity contribution in [3.05, 3.63) is 22.8 Å². The first kappa shape index (κ1) is 15.6. The Labute approximate surface area is 128 Å². The van der Waals surface area contributed by atoms with E-state index in [4.69, 9.17) is 16.3 Å². The number of carbonyl (C=O) groups is 2. The van der Waals surface area contributed by atoms with Gasteiger partial charge in [-0.25, -0.2) is 4.98 Å². The molecule has 1 fully saturated rings. The van der Waals surface area contributed by atoms with Crippen molar-refractivity contribution in [3.8, 4) is 5.88 Å². The fourth-order valence-corrected chi connectivity index (χ4v) is 2.63. The zero-order chi connectivity index (χ0) is 15.4. The van der Waals surface area contributed by atoms with Gasteiger partial charge in [0.25, 0.3) is 5.91 Å². The molecule has 1 aliphatic heterocycles. The standard InChI is InChI=1S/C14H18ClN3O3/c1-3-11-12(19)16-5-4-6-18(11)14(20)9-7-10(15)13(21-2)17-8-9/h7-8,11H,3-6H2,1-2H3,(H,16,19)/t11-/m0/s1. The minimum absolute atomic E-state index is 0.115. The molecule has 0 aromatic carbocycles. The maximum atomic E-state index is 12.6. The van der Waals surface area contributed by atoms with Gasteiger partial charge in [0.05, 0.1) is 12.7 Å². The molecule has 2 rings (SSSR count). The number of nitrogens with one attached hydrogen (secondary N) is 1. The van der Waals surface area contributed by atoms with Crippen LogP contribution in [0.3, 0.4) is 0 Å². The molecule has 0 radical (unpaired) electrons. The number of amides is 2. The first-order valence-electron chi connectivity index (χ1n) is 6.86. The Morgan fingerprint density at radius 3 is 3.00 bits per heavy atom. The van der Waals surface area contributed by atoms with Gasteiger partial charge in [0.2, 0.25) is 11.8 Å². The van der Waals surface area contributed by atoms with E-state index < -0.39 is 6.04 Å². The van der Waals surface area contributed by atoms with Crippen molar-refractivity contribution in [3.63, 3.8) is 0 Å². The molecule has 1 saturated heterocycles. The second-order valence-corrected chi connectivity index (χ2v) is 5.19. The van der Waals surface area contributed by atoms with Gasteiger partial charge >= 0.3 is 0 Å². The molecule has 1 N–H and O–H groups in total. The lowest BCUT2D eigenvalue weighted by Gasteiger charge is -2.27. The lowest BCUT2D eigenvalue weighted by Crippen LogP contribution is -2.46. The molecule has 0 bridgehead atoms. The highest BCUT2D eigenvalue weighted by Crippen LogP contribution is 2.23. The summed E-state index contributed by atoms with van der Waals surface area (Å²) in [4.78, 5) is 30.2. The predicted molar refractivity (Wildman–Crippen MR) is 78.5 cm³/mol. The van der Waals surface area contributed by atoms with Gasteiger partial charge in [0.15, 0.2) is 0 Å². The van der Waals surface area contributed by atoms with Gasteiger partial charge in [-0.05, 0) is 18.9 Å². The van der Waals surface area contributed by atoms with Crippen LogP contribution in [0.5, 0.6) is 5.88 Å². The molecular weight excluding hydrogens is 294 g/mol. The van der Waals surface area contributed by atoms with Crippen LogP contribution in [0.25, 0.3) is 0 Å². The Balaban J connectivity index is 2.28. The number of carbonyl (C=O) groups excluding carboxylic acids is 2. The number of nitrogens with zero attached hydrogens (tertiary/aromatic N) is 2. The molecule has 114 valence electrons. The first-order valence-corrected chi connectivity index (χ1v) is 7.24. The molecule has 1 aliphatic rings. The Hall–Kier alpha value is -1.82. The van der Waals surface area contributed by atoms with E-state index in [0.29, 0.717) is 25.1 Å². The van der Waals surface area contributed by atoms with E-state index >= 15 is 0 Å². The van der Waals surface area contributed by atoms with E-state index in [-0.39, 0.29) is 22.7 Å². The predicted octanol–water partition coefficient (Wildman–Crippen LogP) is 1.48. The Kier molecular flexibility index (Phi) is 5.01. The first-order chi connectivity index (χ1) is 10.1. The number of pyridine rings is 1. The number of hydrogen-bond acceptors (Lipinski definition) is 4. The highest BCUT2D eigenvalue weighted by atomic mass is 35.5. The number of hydrogen-bond donors (Lipinski definition) is 1. The van der Waals surface area contributed by atoms with E-state index in [2.05, 4.69) is 10.3 Å². The minimum atomic E-state index is -0.458. The molecule has 0 unspecified atom stereocenters. The van der Waals surface area contributed by atoms with Crippen LogP contribution >= 0.6 is 11.6 Å². The molecule has 0 aliphatic carbocycles. The summed E-state index contributed by atoms with van der Waals surface area (Å²) in [5.74, 6) is -0.0826. The van der Waals surface area contributed by atoms with Gasteiger partial charge in [-0.3, -0.25) is 9.59 Å². The third-order valence-electron chi connectivity index (χ3n) is 3.45. The van der Waals surface area contributed by atoms with E-state index in [1.165, 1.54) is 19.4 Å². The molecule has 0 spiro atoms. The van der Waals surface area contributed by atoms with Crippen LogP contribution in [0.15, 0.2) is 12.3 Å². The summed E-state index contributed by atoms with van der Waals surface area (Å²) in [5.41, 5.74) is 0.356. The smallest absolute Gasteiger partial charge is 0.256 e. The topological polar surface area (TPSA) is 71.5 Å². The fourth-order valence-electron chi connectivity index (χ4n) is 2.38. The highest BCUT2D eigenvalue weighted by molar-refractivity contribution is 6.32. The number of ether oxygens (including phenoxy) is 1. The van der Waals surface area contributed by atoms with Gasteiger partial charge in [-0.2, -0.15) is 0 Å². The van der Waals surface area contributed by atoms with Crippen molar-refractivity contribution in [2.75, 3.05) is 20.2 Å². The van der Waals surface area contributed by atoms with E-state index in [9.17, 15) is 9.59 Å². The average molecular weight is 312 g/mol. The van der Waals surface area contributed by atoms with Crippen LogP contribution < -0.4 is 10.1 Å². The van der Waals surface area contributed by atoms with Crippen LogP contribution in [0, 0.1) is 0 Å². The molecule has 7 heteroatoms. The van der Waals surface area contributed by atoms with E-state index in [1.807, 2.05) is 6.92 Å². The van der Waals surface area contributed by atoms with Crippen molar-refractivity contribution in [2.24, 2.45) is 0 Å². The maximum Gasteiger partial charge on any atom is 0.256 e. The number of rotatable bonds is 3. The molecule has 21 heavy (non-hydrogen) atoms. The molecule has 1 aromatic heterocycles. The summed E-state index contributed by atoms with van der Waals surface area (Å²) >= 11 is 6.01. The molecule has 6 nitrogen and oxygen atoms in total. The van der Waals surface area contributed by atoms with Gasteiger partial charge in [-0.1, -0.05) is 18.5 Å². The fraction of sp³-hybridized carbons (Fsp3) is 0.500. The summed E-state index contributed by atoms with van der Waals surface area (Å²) in [5, 5.41) is 3.09. The number of methoxy groups -OCH3 is 1. The van der Waals surface area contributed by atoms with Gasteiger partial charge in [-0.15, -0.1) is 0 Å². The normalized spacial score (nSPS) is 18.9. The molecule has 2 amide bonds. The zero-order valence-corrected chi connectivity index (χ0v) is 12.8. The van der Waals surface area contributed by atoms with Crippen LogP contribution in [0.4, 0.5) is 0 Å². The summed E-state index contributed by atoms with van der Waals surface area (Å²) < 4.78 is 4.97. The van der Waals surface area contributed by atoms with Gasteiger partial charge in [0, 0.05) is 19.3 Å². The maximum absolute atomic E-state index is 12.6. The molecule has 1 aromatic rings. The Morgan fingerprint density at radius 2 is 2.38 bits per heavy atom. The summed E-state index contributed by atoms with van der Waals surface area (Å²) in [6.45, 7) is 3.00. The molecule has 1 atom stereocenters. The van der Waals surface area contributed by atoms with Crippen molar-refractivity contribution in [1.82, 2.24) is 15.2 Å². The van der Waals surface area contributed by atoms with Crippen LogP contribution in [0.2, 0.25) is 5.02 Å². The van der Waals surface area contributed by atoms with Gasteiger partial charge in [0.1, 0.15) is 11.1 Å². The lowest BCUT2D eigenvalue weighted by molar-refractivity contribution is -0.124. The van der Waals surface area contributed by atoms with E-state index in [0.717, 1.165) is 6.42 Å². The van der Waals surface area contributed by atoms with Crippen molar-refractivity contribution >= 4 is 23.4 Å². The second kappa shape index (κ2) is 6.76. The quantitative estimate of drug-likeness (QED) is 0.918. The summed E-state index contributed by atoms with van der Waals surface area (Å²) in [7, 11) is 1.46. The highest BCUT2D eigenvalue weighted by Gasteiger charge is 2.31. The van der Waals surface area contributed by atoms with Crippen LogP contribution in [-0.2, 0) is 4.79 Å². The second-order valence-electron chi connectivity index (χ2n) is 4.78. The molecule has 0 saturated carbocycles. The monoisotopic (exact) mass is 311 g/mol. The Morgan fingerprint density at radius 1 is 1.62 bits per heavy atom. The number of aromatic nitrogens is 1. The summed E-state index contributed by atoms with van der Waals surface area (Å²) in [6.07, 6.45) is 2.71. The average Bonchev–Trinajstić information content (AvgIpc) is 2.67. The minimum Gasteiger partial charge on any atom is -0.480 e. The molecular formula is C14H18ClN3O3. The van der Waals surface area contributed by atoms with Crippen molar-refractivity contribution < 1.29 is 14.3 Å². The van der Waals surface area contributed by atoms with Crippen molar-refractivity contribution in [1.29, 1.82) is 0 Å². The van der Waals surface area contributed by atoms with Crippen LogP contribution in [0.1, 0.15) is 30.1 Å². The van der Waals surface area contributed by atoms with Gasteiger partial charge < -0.3 is 15.0 Å². The molecule has 2 heterocycles. The zero-order valence-electron chi connectivity index (χ0n) is 12.1. The third kappa shape index (κ3) is 3.26. The lowest BCUT2D eigenvalue weighted by atomic mass is 10.1. The van der Waals surface area contributed by atoms with Crippen LogP contribution in [-0.4, -0.2) is 47.9 Å².